The van der Waals surface area contributed by atoms with Gasteiger partial charge in [0.1, 0.15) is 5.60 Å². The third kappa shape index (κ3) is 1.81. The molecule has 1 unspecified atom stereocenters. The Bertz CT molecular complexity index is 229. The van der Waals surface area contributed by atoms with Crippen LogP contribution in [0.2, 0.25) is 0 Å². The van der Waals surface area contributed by atoms with E-state index in [1.165, 1.54) is 6.42 Å². The Kier molecular flexibility index (Phi) is 3.06. The molecule has 2 bridgehead atoms. The SMILES string of the molecule is COC[C@@]12CCC([C@H](C)O1)[C@H]2OC(C)C. The molecule has 3 heteroatoms. The molecule has 2 fully saturated rings. The van der Waals surface area contributed by atoms with E-state index >= 15 is 0 Å². The Morgan fingerprint density at radius 1 is 1.47 bits per heavy atom. The Hall–Kier alpha value is -0.120. The van der Waals surface area contributed by atoms with Gasteiger partial charge in [0.05, 0.1) is 24.9 Å². The van der Waals surface area contributed by atoms with E-state index in [0.717, 1.165) is 6.42 Å². The molecule has 1 heterocycles. The van der Waals surface area contributed by atoms with Crippen molar-refractivity contribution in [1.29, 1.82) is 0 Å². The normalized spacial score (nSPS) is 44.2. The summed E-state index contributed by atoms with van der Waals surface area (Å²) in [6.07, 6.45) is 3.10. The molecule has 1 aliphatic carbocycles. The van der Waals surface area contributed by atoms with Gasteiger partial charge in [-0.05, 0) is 33.6 Å². The molecule has 88 valence electrons. The summed E-state index contributed by atoms with van der Waals surface area (Å²) >= 11 is 0. The van der Waals surface area contributed by atoms with Crippen LogP contribution < -0.4 is 0 Å². The lowest BCUT2D eigenvalue weighted by Gasteiger charge is -2.31. The highest BCUT2D eigenvalue weighted by atomic mass is 16.6. The third-order valence-electron chi connectivity index (χ3n) is 3.64. The Balaban J connectivity index is 2.13. The number of rotatable bonds is 4. The van der Waals surface area contributed by atoms with Gasteiger partial charge >= 0.3 is 0 Å². The van der Waals surface area contributed by atoms with Crippen molar-refractivity contribution in [2.45, 2.75) is 57.5 Å². The third-order valence-corrected chi connectivity index (χ3v) is 3.64. The average Bonchev–Trinajstić information content (AvgIpc) is 2.56. The highest BCUT2D eigenvalue weighted by Crippen LogP contribution is 2.50. The number of fused-ring (bicyclic) bond motifs is 2. The summed E-state index contributed by atoms with van der Waals surface area (Å²) in [5, 5.41) is 0. The van der Waals surface area contributed by atoms with Crippen molar-refractivity contribution in [3.8, 4) is 0 Å². The van der Waals surface area contributed by atoms with E-state index in [0.29, 0.717) is 18.6 Å². The quantitative estimate of drug-likeness (QED) is 0.716. The molecule has 0 radical (unpaired) electrons. The summed E-state index contributed by atoms with van der Waals surface area (Å²) in [6.45, 7) is 6.98. The van der Waals surface area contributed by atoms with Gasteiger partial charge in [-0.25, -0.2) is 0 Å². The zero-order valence-electron chi connectivity index (χ0n) is 10.2. The minimum atomic E-state index is -0.164. The van der Waals surface area contributed by atoms with Crippen molar-refractivity contribution in [2.24, 2.45) is 5.92 Å². The second-order valence-electron chi connectivity index (χ2n) is 5.13. The molecule has 0 aromatic carbocycles. The standard InChI is InChI=1S/C12H22O3/c1-8(2)14-11-10-5-6-12(11,7-13-4)15-9(10)3/h8-11H,5-7H2,1-4H3/t9-,10?,11+,12+/m0/s1. The maximum atomic E-state index is 6.05. The lowest BCUT2D eigenvalue weighted by Crippen LogP contribution is -2.43. The first-order valence-corrected chi connectivity index (χ1v) is 5.91. The maximum absolute atomic E-state index is 6.05. The van der Waals surface area contributed by atoms with Crippen molar-refractivity contribution >= 4 is 0 Å². The van der Waals surface area contributed by atoms with Gasteiger partial charge in [0.25, 0.3) is 0 Å². The van der Waals surface area contributed by atoms with Crippen LogP contribution in [-0.4, -0.2) is 37.6 Å². The van der Waals surface area contributed by atoms with Crippen molar-refractivity contribution < 1.29 is 14.2 Å². The lowest BCUT2D eigenvalue weighted by atomic mass is 9.98. The Labute approximate surface area is 92.1 Å². The van der Waals surface area contributed by atoms with Crippen LogP contribution in [0.5, 0.6) is 0 Å². The molecule has 0 N–H and O–H groups in total. The van der Waals surface area contributed by atoms with E-state index in [1.807, 2.05) is 0 Å². The van der Waals surface area contributed by atoms with Crippen LogP contribution in [0.3, 0.4) is 0 Å². The predicted octanol–water partition coefficient (Wildman–Crippen LogP) is 1.99. The number of hydrogen-bond acceptors (Lipinski definition) is 3. The predicted molar refractivity (Wildman–Crippen MR) is 57.9 cm³/mol. The summed E-state index contributed by atoms with van der Waals surface area (Å²) in [4.78, 5) is 0. The van der Waals surface area contributed by atoms with Crippen LogP contribution in [0, 0.1) is 5.92 Å². The van der Waals surface area contributed by atoms with Crippen molar-refractivity contribution in [2.75, 3.05) is 13.7 Å². The number of hydrogen-bond donors (Lipinski definition) is 0. The van der Waals surface area contributed by atoms with Gasteiger partial charge in [-0.15, -0.1) is 0 Å². The zero-order valence-corrected chi connectivity index (χ0v) is 10.2. The topological polar surface area (TPSA) is 27.7 Å². The van der Waals surface area contributed by atoms with Gasteiger partial charge in [0.2, 0.25) is 0 Å². The molecule has 0 aromatic heterocycles. The molecule has 0 spiro atoms. The maximum Gasteiger partial charge on any atom is 0.118 e. The second kappa shape index (κ2) is 4.04. The molecule has 15 heavy (non-hydrogen) atoms. The fraction of sp³-hybridized carbons (Fsp3) is 1.00. The molecule has 2 aliphatic rings. The minimum Gasteiger partial charge on any atom is -0.382 e. The Morgan fingerprint density at radius 2 is 2.20 bits per heavy atom. The van der Waals surface area contributed by atoms with E-state index < -0.39 is 0 Å². The summed E-state index contributed by atoms with van der Waals surface area (Å²) in [5.41, 5.74) is -0.164. The van der Waals surface area contributed by atoms with Gasteiger partial charge in [-0.1, -0.05) is 0 Å². The number of ether oxygens (including phenoxy) is 3. The van der Waals surface area contributed by atoms with Gasteiger partial charge in [-0.2, -0.15) is 0 Å². The summed E-state index contributed by atoms with van der Waals surface area (Å²) in [7, 11) is 1.74. The minimum absolute atomic E-state index is 0.164. The van der Waals surface area contributed by atoms with Crippen LogP contribution in [0.15, 0.2) is 0 Å². The van der Waals surface area contributed by atoms with Crippen LogP contribution >= 0.6 is 0 Å². The van der Waals surface area contributed by atoms with Crippen LogP contribution in [0.4, 0.5) is 0 Å². The smallest absolute Gasteiger partial charge is 0.118 e. The van der Waals surface area contributed by atoms with E-state index in [1.54, 1.807) is 7.11 Å². The summed E-state index contributed by atoms with van der Waals surface area (Å²) in [6, 6.07) is 0. The molecular formula is C12H22O3. The van der Waals surface area contributed by atoms with E-state index in [-0.39, 0.29) is 17.8 Å². The molecule has 0 amide bonds. The van der Waals surface area contributed by atoms with Crippen molar-refractivity contribution in [3.63, 3.8) is 0 Å². The fourth-order valence-electron chi connectivity index (χ4n) is 3.11. The number of methoxy groups -OCH3 is 1. The van der Waals surface area contributed by atoms with Crippen LogP contribution in [0.1, 0.15) is 33.6 Å². The van der Waals surface area contributed by atoms with Crippen molar-refractivity contribution in [1.82, 2.24) is 0 Å². The molecule has 1 saturated carbocycles. The second-order valence-corrected chi connectivity index (χ2v) is 5.13. The first-order chi connectivity index (χ1) is 7.09. The monoisotopic (exact) mass is 214 g/mol. The van der Waals surface area contributed by atoms with Crippen LogP contribution in [-0.2, 0) is 14.2 Å². The van der Waals surface area contributed by atoms with E-state index in [9.17, 15) is 0 Å². The first-order valence-electron chi connectivity index (χ1n) is 5.91. The summed E-state index contributed by atoms with van der Waals surface area (Å²) in [5.74, 6) is 0.558. The molecular weight excluding hydrogens is 192 g/mol. The van der Waals surface area contributed by atoms with E-state index in [2.05, 4.69) is 20.8 Å². The molecule has 3 nitrogen and oxygen atoms in total. The van der Waals surface area contributed by atoms with Crippen LogP contribution in [0.25, 0.3) is 0 Å². The van der Waals surface area contributed by atoms with Crippen molar-refractivity contribution in [3.05, 3.63) is 0 Å². The van der Waals surface area contributed by atoms with Gasteiger partial charge in [0, 0.05) is 13.0 Å². The molecule has 2 rings (SSSR count). The zero-order chi connectivity index (χ0) is 11.1. The molecule has 1 aliphatic heterocycles. The largest absolute Gasteiger partial charge is 0.382 e. The lowest BCUT2D eigenvalue weighted by molar-refractivity contribution is -0.140. The molecule has 4 atom stereocenters. The molecule has 0 aromatic rings. The fourth-order valence-corrected chi connectivity index (χ4v) is 3.11. The van der Waals surface area contributed by atoms with E-state index in [4.69, 9.17) is 14.2 Å². The highest BCUT2D eigenvalue weighted by molar-refractivity contribution is 5.08. The van der Waals surface area contributed by atoms with Gasteiger partial charge in [0.15, 0.2) is 0 Å². The summed E-state index contributed by atoms with van der Waals surface area (Å²) < 4.78 is 17.4. The molecule has 1 saturated heterocycles. The highest BCUT2D eigenvalue weighted by Gasteiger charge is 2.59. The first kappa shape index (κ1) is 11.4. The Morgan fingerprint density at radius 3 is 2.73 bits per heavy atom. The van der Waals surface area contributed by atoms with Gasteiger partial charge < -0.3 is 14.2 Å². The van der Waals surface area contributed by atoms with Gasteiger partial charge in [-0.3, -0.25) is 0 Å². The average molecular weight is 214 g/mol.